The molecule has 0 amide bonds. The van der Waals surface area contributed by atoms with Gasteiger partial charge in [0.15, 0.2) is 11.6 Å². The molecule has 1 heterocycles. The lowest BCUT2D eigenvalue weighted by Gasteiger charge is -2.27. The number of rotatable bonds is 3. The summed E-state index contributed by atoms with van der Waals surface area (Å²) in [7, 11) is 1.49. The van der Waals surface area contributed by atoms with Gasteiger partial charge >= 0.3 is 0 Å². The Morgan fingerprint density at radius 2 is 2.12 bits per heavy atom. The van der Waals surface area contributed by atoms with Crippen molar-refractivity contribution < 1.29 is 9.13 Å². The lowest BCUT2D eigenvalue weighted by Crippen LogP contribution is -2.42. The van der Waals surface area contributed by atoms with E-state index < -0.39 is 0 Å². The van der Waals surface area contributed by atoms with Gasteiger partial charge in [-0.25, -0.2) is 4.39 Å². The van der Waals surface area contributed by atoms with Gasteiger partial charge in [0, 0.05) is 32.7 Å². The normalized spacial score (nSPS) is 17.1. The summed E-state index contributed by atoms with van der Waals surface area (Å²) in [5.41, 5.74) is 1.07. The zero-order valence-corrected chi connectivity index (χ0v) is 11.4. The number of methoxy groups -OCH3 is 1. The average Bonchev–Trinajstić information content (AvgIpc) is 2.35. The lowest BCUT2D eigenvalue weighted by molar-refractivity contribution is 0.232. The highest BCUT2D eigenvalue weighted by Crippen LogP contribution is 2.27. The molecule has 1 aliphatic rings. The predicted molar refractivity (Wildman–Crippen MR) is 68.8 cm³/mol. The first-order valence-electron chi connectivity index (χ1n) is 5.65. The van der Waals surface area contributed by atoms with E-state index in [2.05, 4.69) is 26.1 Å². The van der Waals surface area contributed by atoms with Crippen LogP contribution in [0.4, 0.5) is 4.39 Å². The van der Waals surface area contributed by atoms with Crippen LogP contribution in [0.15, 0.2) is 16.6 Å². The number of hydrogen-bond acceptors (Lipinski definition) is 3. The third-order valence-electron chi connectivity index (χ3n) is 2.89. The molecular weight excluding hydrogens is 287 g/mol. The van der Waals surface area contributed by atoms with Crippen LogP contribution in [0.25, 0.3) is 0 Å². The Bertz CT molecular complexity index is 394. The second kappa shape index (κ2) is 5.80. The third-order valence-corrected chi connectivity index (χ3v) is 3.47. The minimum Gasteiger partial charge on any atom is -0.494 e. The Morgan fingerprint density at radius 1 is 1.41 bits per heavy atom. The van der Waals surface area contributed by atoms with Crippen molar-refractivity contribution in [3.8, 4) is 5.75 Å². The van der Waals surface area contributed by atoms with Crippen LogP contribution < -0.4 is 10.1 Å². The first-order chi connectivity index (χ1) is 8.20. The largest absolute Gasteiger partial charge is 0.494 e. The Labute approximate surface area is 109 Å². The number of halogens is 2. The van der Waals surface area contributed by atoms with Crippen LogP contribution >= 0.6 is 15.9 Å². The maximum absolute atomic E-state index is 13.6. The summed E-state index contributed by atoms with van der Waals surface area (Å²) in [5, 5.41) is 3.31. The molecule has 1 aliphatic heterocycles. The fourth-order valence-electron chi connectivity index (χ4n) is 1.98. The van der Waals surface area contributed by atoms with E-state index in [1.54, 1.807) is 6.07 Å². The minimum atomic E-state index is -0.337. The van der Waals surface area contributed by atoms with Gasteiger partial charge in [-0.15, -0.1) is 0 Å². The number of ether oxygens (including phenoxy) is 1. The molecule has 1 aromatic rings. The molecule has 0 atom stereocenters. The monoisotopic (exact) mass is 302 g/mol. The second-order valence-electron chi connectivity index (χ2n) is 4.12. The molecule has 2 rings (SSSR count). The van der Waals surface area contributed by atoms with Gasteiger partial charge in [-0.05, 0) is 33.6 Å². The molecule has 0 radical (unpaired) electrons. The van der Waals surface area contributed by atoms with Gasteiger partial charge in [-0.3, -0.25) is 4.90 Å². The molecule has 3 nitrogen and oxygen atoms in total. The zero-order valence-electron chi connectivity index (χ0n) is 9.80. The summed E-state index contributed by atoms with van der Waals surface area (Å²) in [4.78, 5) is 2.34. The highest BCUT2D eigenvalue weighted by atomic mass is 79.9. The van der Waals surface area contributed by atoms with Crippen LogP contribution in [-0.2, 0) is 6.54 Å². The molecule has 1 fully saturated rings. The fraction of sp³-hybridized carbons (Fsp3) is 0.500. The van der Waals surface area contributed by atoms with Crippen molar-refractivity contribution in [2.75, 3.05) is 33.3 Å². The van der Waals surface area contributed by atoms with E-state index >= 15 is 0 Å². The van der Waals surface area contributed by atoms with Crippen molar-refractivity contribution in [1.29, 1.82) is 0 Å². The standard InChI is InChI=1S/C12H16BrFN2O/c1-17-11-7-9(6-10(13)12(11)14)8-16-4-2-15-3-5-16/h6-7,15H,2-5,8H2,1H3. The molecule has 0 aliphatic carbocycles. The lowest BCUT2D eigenvalue weighted by atomic mass is 10.2. The van der Waals surface area contributed by atoms with Crippen LogP contribution in [0.3, 0.4) is 0 Å². The first-order valence-corrected chi connectivity index (χ1v) is 6.45. The Hall–Kier alpha value is -0.650. The fourth-order valence-corrected chi connectivity index (χ4v) is 2.47. The number of hydrogen-bond donors (Lipinski definition) is 1. The molecule has 0 saturated carbocycles. The number of benzene rings is 1. The first kappa shape index (κ1) is 12.8. The summed E-state index contributed by atoms with van der Waals surface area (Å²) in [6.07, 6.45) is 0. The molecule has 0 bridgehead atoms. The van der Waals surface area contributed by atoms with E-state index in [1.165, 1.54) is 7.11 Å². The van der Waals surface area contributed by atoms with Gasteiger partial charge < -0.3 is 10.1 Å². The van der Waals surface area contributed by atoms with Gasteiger partial charge in [-0.1, -0.05) is 0 Å². The van der Waals surface area contributed by atoms with Crippen molar-refractivity contribution in [3.05, 3.63) is 28.0 Å². The predicted octanol–water partition coefficient (Wildman–Crippen LogP) is 2.00. The maximum Gasteiger partial charge on any atom is 0.179 e. The van der Waals surface area contributed by atoms with Crippen LogP contribution in [0.2, 0.25) is 0 Å². The van der Waals surface area contributed by atoms with Gasteiger partial charge in [0.1, 0.15) is 0 Å². The summed E-state index contributed by atoms with van der Waals surface area (Å²) in [6, 6.07) is 3.59. The maximum atomic E-state index is 13.6. The Balaban J connectivity index is 2.12. The van der Waals surface area contributed by atoms with Crippen molar-refractivity contribution >= 4 is 15.9 Å². The van der Waals surface area contributed by atoms with Crippen molar-refractivity contribution in [1.82, 2.24) is 10.2 Å². The third kappa shape index (κ3) is 3.18. The van der Waals surface area contributed by atoms with Crippen molar-refractivity contribution in [3.63, 3.8) is 0 Å². The minimum absolute atomic E-state index is 0.296. The molecule has 94 valence electrons. The summed E-state index contributed by atoms with van der Waals surface area (Å²) >= 11 is 3.22. The van der Waals surface area contributed by atoms with E-state index in [-0.39, 0.29) is 5.82 Å². The number of nitrogens with one attached hydrogen (secondary N) is 1. The van der Waals surface area contributed by atoms with Crippen LogP contribution in [-0.4, -0.2) is 38.2 Å². The SMILES string of the molecule is COc1cc(CN2CCNCC2)cc(Br)c1F. The number of piperazine rings is 1. The molecule has 0 aromatic heterocycles. The molecule has 17 heavy (non-hydrogen) atoms. The van der Waals surface area contributed by atoms with Gasteiger partial charge in [0.25, 0.3) is 0 Å². The Morgan fingerprint density at radius 3 is 2.76 bits per heavy atom. The molecule has 5 heteroatoms. The van der Waals surface area contributed by atoms with Gasteiger partial charge in [0.05, 0.1) is 11.6 Å². The van der Waals surface area contributed by atoms with E-state index in [9.17, 15) is 4.39 Å². The topological polar surface area (TPSA) is 24.5 Å². The molecule has 0 unspecified atom stereocenters. The summed E-state index contributed by atoms with van der Waals surface area (Å²) in [6.45, 7) is 4.91. The van der Waals surface area contributed by atoms with Crippen LogP contribution in [0.5, 0.6) is 5.75 Å². The van der Waals surface area contributed by atoms with E-state index in [4.69, 9.17) is 4.74 Å². The highest BCUT2D eigenvalue weighted by Gasteiger charge is 2.13. The van der Waals surface area contributed by atoms with Gasteiger partial charge in [0.2, 0.25) is 0 Å². The average molecular weight is 303 g/mol. The van der Waals surface area contributed by atoms with E-state index in [0.717, 1.165) is 38.3 Å². The summed E-state index contributed by atoms with van der Waals surface area (Å²) < 4.78 is 19.0. The zero-order chi connectivity index (χ0) is 12.3. The summed E-state index contributed by atoms with van der Waals surface area (Å²) in [5.74, 6) is -0.0407. The molecule has 1 aromatic carbocycles. The molecule has 1 N–H and O–H groups in total. The molecule has 1 saturated heterocycles. The van der Waals surface area contributed by atoms with Crippen molar-refractivity contribution in [2.24, 2.45) is 0 Å². The Kier molecular flexibility index (Phi) is 4.36. The highest BCUT2D eigenvalue weighted by molar-refractivity contribution is 9.10. The molecular formula is C12H16BrFN2O. The second-order valence-corrected chi connectivity index (χ2v) is 4.97. The van der Waals surface area contributed by atoms with Gasteiger partial charge in [-0.2, -0.15) is 0 Å². The van der Waals surface area contributed by atoms with Crippen LogP contribution in [0.1, 0.15) is 5.56 Å². The quantitative estimate of drug-likeness (QED) is 0.924. The van der Waals surface area contributed by atoms with E-state index in [0.29, 0.717) is 10.2 Å². The van der Waals surface area contributed by atoms with Crippen molar-refractivity contribution in [2.45, 2.75) is 6.54 Å². The molecule has 0 spiro atoms. The smallest absolute Gasteiger partial charge is 0.179 e. The van der Waals surface area contributed by atoms with Crippen LogP contribution in [0, 0.1) is 5.82 Å². The van der Waals surface area contributed by atoms with E-state index in [1.807, 2.05) is 6.07 Å². The number of nitrogens with zero attached hydrogens (tertiary/aromatic N) is 1.